The third kappa shape index (κ3) is 7.75. The Balaban J connectivity index is 1.36. The highest BCUT2D eigenvalue weighted by Gasteiger charge is 2.23. The second-order valence-corrected chi connectivity index (χ2v) is 9.70. The number of carbonyl (C=O) groups excluding carboxylic acids is 3. The molecule has 3 aromatic rings. The summed E-state index contributed by atoms with van der Waals surface area (Å²) < 4.78 is 0. The van der Waals surface area contributed by atoms with E-state index in [2.05, 4.69) is 34.9 Å². The van der Waals surface area contributed by atoms with Gasteiger partial charge in [-0.05, 0) is 98.1 Å². The van der Waals surface area contributed by atoms with Crippen LogP contribution in [0.2, 0.25) is 0 Å². The molecule has 4 rings (SSSR count). The zero-order valence-electron chi connectivity index (χ0n) is 22.8. The molecule has 0 spiro atoms. The van der Waals surface area contributed by atoms with Crippen LogP contribution in [0.3, 0.4) is 0 Å². The first-order valence-electron chi connectivity index (χ1n) is 13.5. The van der Waals surface area contributed by atoms with Crippen molar-refractivity contribution in [2.24, 2.45) is 0 Å². The lowest BCUT2D eigenvalue weighted by atomic mass is 9.97. The molecular formula is C31H36N4O4. The first kappa shape index (κ1) is 28.0. The van der Waals surface area contributed by atoms with Crippen molar-refractivity contribution >= 4 is 23.5 Å². The standard InChI is InChI=1S/C31H36N4O4/c1-4-35(5-2)19-18-32-29(36)23-12-14-26(15-13-23)33-30(37)25-7-6-21(3)28(20-25)22-8-10-24(11-9-22)31(38)39-34-27-16-17-27/h6-15,20,27,34H,4-5,16-19H2,1-3H3,(H,32,36)(H,33,37). The van der Waals surface area contributed by atoms with Crippen molar-refractivity contribution < 1.29 is 19.2 Å². The van der Waals surface area contributed by atoms with Gasteiger partial charge in [0, 0.05) is 35.9 Å². The van der Waals surface area contributed by atoms with Gasteiger partial charge in [0.25, 0.3) is 11.8 Å². The van der Waals surface area contributed by atoms with Gasteiger partial charge in [-0.2, -0.15) is 0 Å². The molecule has 0 heterocycles. The molecule has 0 aliphatic heterocycles. The van der Waals surface area contributed by atoms with Crippen LogP contribution in [0.5, 0.6) is 0 Å². The molecule has 3 N–H and O–H groups in total. The predicted molar refractivity (Wildman–Crippen MR) is 153 cm³/mol. The zero-order valence-corrected chi connectivity index (χ0v) is 22.8. The highest BCUT2D eigenvalue weighted by Crippen LogP contribution is 2.26. The summed E-state index contributed by atoms with van der Waals surface area (Å²) in [5, 5.41) is 5.84. The molecule has 1 aliphatic rings. The summed E-state index contributed by atoms with van der Waals surface area (Å²) in [6.07, 6.45) is 2.05. The Morgan fingerprint density at radius 2 is 1.49 bits per heavy atom. The molecule has 0 bridgehead atoms. The number of likely N-dealkylation sites (N-methyl/N-ethyl adjacent to an activating group) is 1. The molecule has 1 fully saturated rings. The van der Waals surface area contributed by atoms with Gasteiger partial charge in [0.2, 0.25) is 0 Å². The van der Waals surface area contributed by atoms with Crippen LogP contribution in [-0.2, 0) is 4.84 Å². The van der Waals surface area contributed by atoms with E-state index in [1.165, 1.54) is 0 Å². The average Bonchev–Trinajstić information content (AvgIpc) is 3.79. The second kappa shape index (κ2) is 13.2. The smallest absolute Gasteiger partial charge is 0.356 e. The number of nitrogens with one attached hydrogen (secondary N) is 3. The summed E-state index contributed by atoms with van der Waals surface area (Å²) in [7, 11) is 0. The summed E-state index contributed by atoms with van der Waals surface area (Å²) in [6.45, 7) is 9.46. The first-order valence-corrected chi connectivity index (χ1v) is 13.5. The van der Waals surface area contributed by atoms with Gasteiger partial charge in [0.1, 0.15) is 0 Å². The molecule has 0 atom stereocenters. The molecule has 0 saturated heterocycles. The molecule has 2 amide bonds. The number of benzene rings is 3. The summed E-state index contributed by atoms with van der Waals surface area (Å²) in [6, 6.07) is 19.8. The largest absolute Gasteiger partial charge is 0.366 e. The number of nitrogens with zero attached hydrogens (tertiary/aromatic N) is 1. The van der Waals surface area contributed by atoms with Gasteiger partial charge in [-0.1, -0.05) is 32.0 Å². The minimum atomic E-state index is -0.415. The predicted octanol–water partition coefficient (Wildman–Crippen LogP) is 4.81. The Morgan fingerprint density at radius 3 is 2.13 bits per heavy atom. The zero-order chi connectivity index (χ0) is 27.8. The summed E-state index contributed by atoms with van der Waals surface area (Å²) in [5.74, 6) is -0.804. The fourth-order valence-corrected chi connectivity index (χ4v) is 4.13. The molecule has 8 heteroatoms. The van der Waals surface area contributed by atoms with E-state index >= 15 is 0 Å². The van der Waals surface area contributed by atoms with E-state index in [0.717, 1.165) is 49.2 Å². The van der Waals surface area contributed by atoms with E-state index < -0.39 is 5.97 Å². The molecule has 3 aromatic carbocycles. The van der Waals surface area contributed by atoms with Crippen LogP contribution in [0, 0.1) is 6.92 Å². The van der Waals surface area contributed by atoms with E-state index in [1.54, 1.807) is 42.5 Å². The number of carbonyl (C=O) groups is 3. The van der Waals surface area contributed by atoms with E-state index in [4.69, 9.17) is 4.84 Å². The third-order valence-electron chi connectivity index (χ3n) is 6.84. The van der Waals surface area contributed by atoms with Gasteiger partial charge in [-0.15, -0.1) is 5.48 Å². The van der Waals surface area contributed by atoms with Crippen LogP contribution in [0.4, 0.5) is 5.69 Å². The highest BCUT2D eigenvalue weighted by molar-refractivity contribution is 6.05. The molecular weight excluding hydrogens is 492 g/mol. The Bertz CT molecular complexity index is 1300. The van der Waals surface area contributed by atoms with Gasteiger partial charge in [0.15, 0.2) is 0 Å². The van der Waals surface area contributed by atoms with E-state index in [0.29, 0.717) is 28.9 Å². The van der Waals surface area contributed by atoms with Crippen molar-refractivity contribution in [3.63, 3.8) is 0 Å². The maximum absolute atomic E-state index is 13.0. The molecule has 1 saturated carbocycles. The number of hydrogen-bond donors (Lipinski definition) is 3. The molecule has 1 aliphatic carbocycles. The average molecular weight is 529 g/mol. The lowest BCUT2D eigenvalue weighted by Crippen LogP contribution is -2.34. The fraction of sp³-hybridized carbons (Fsp3) is 0.323. The number of aryl methyl sites for hydroxylation is 1. The van der Waals surface area contributed by atoms with Crippen molar-refractivity contribution in [1.29, 1.82) is 0 Å². The van der Waals surface area contributed by atoms with Crippen molar-refractivity contribution in [2.75, 3.05) is 31.5 Å². The van der Waals surface area contributed by atoms with Gasteiger partial charge >= 0.3 is 5.97 Å². The van der Waals surface area contributed by atoms with Gasteiger partial charge in [0.05, 0.1) is 5.56 Å². The Morgan fingerprint density at radius 1 is 0.846 bits per heavy atom. The van der Waals surface area contributed by atoms with Gasteiger partial charge in [-0.3, -0.25) is 9.59 Å². The first-order chi connectivity index (χ1) is 18.9. The van der Waals surface area contributed by atoms with Crippen molar-refractivity contribution in [2.45, 2.75) is 39.7 Å². The minimum Gasteiger partial charge on any atom is -0.366 e. The normalized spacial score (nSPS) is 12.7. The number of anilines is 1. The SMILES string of the molecule is CCN(CC)CCNC(=O)c1ccc(NC(=O)c2ccc(C)c(-c3ccc(C(=O)ONC4CC4)cc3)c2)cc1. The second-order valence-electron chi connectivity index (χ2n) is 9.70. The van der Waals surface area contributed by atoms with E-state index in [1.807, 2.05) is 31.2 Å². The van der Waals surface area contributed by atoms with Gasteiger partial charge in [-0.25, -0.2) is 4.79 Å². The van der Waals surface area contributed by atoms with Crippen LogP contribution in [0.25, 0.3) is 11.1 Å². The van der Waals surface area contributed by atoms with Crippen molar-refractivity contribution in [3.05, 3.63) is 89.0 Å². The van der Waals surface area contributed by atoms with Crippen LogP contribution in [-0.4, -0.2) is 54.9 Å². The Kier molecular flexibility index (Phi) is 9.46. The van der Waals surface area contributed by atoms with Crippen molar-refractivity contribution in [3.8, 4) is 11.1 Å². The molecule has 39 heavy (non-hydrogen) atoms. The molecule has 0 aromatic heterocycles. The quantitative estimate of drug-likeness (QED) is 0.292. The van der Waals surface area contributed by atoms with Crippen LogP contribution in [0.15, 0.2) is 66.7 Å². The molecule has 0 radical (unpaired) electrons. The maximum Gasteiger partial charge on any atom is 0.356 e. The number of rotatable bonds is 12. The molecule has 204 valence electrons. The Hall–Kier alpha value is -4.01. The van der Waals surface area contributed by atoms with Crippen LogP contribution < -0.4 is 16.1 Å². The summed E-state index contributed by atoms with van der Waals surface area (Å²) >= 11 is 0. The maximum atomic E-state index is 13.0. The highest BCUT2D eigenvalue weighted by atomic mass is 16.7. The number of hydroxylamine groups is 1. The van der Waals surface area contributed by atoms with Crippen LogP contribution >= 0.6 is 0 Å². The monoisotopic (exact) mass is 528 g/mol. The number of hydrogen-bond acceptors (Lipinski definition) is 6. The topological polar surface area (TPSA) is 99.8 Å². The van der Waals surface area contributed by atoms with E-state index in [9.17, 15) is 14.4 Å². The third-order valence-corrected chi connectivity index (χ3v) is 6.84. The minimum absolute atomic E-state index is 0.137. The fourth-order valence-electron chi connectivity index (χ4n) is 4.13. The van der Waals surface area contributed by atoms with Crippen molar-refractivity contribution in [1.82, 2.24) is 15.7 Å². The van der Waals surface area contributed by atoms with Gasteiger partial charge < -0.3 is 20.4 Å². The summed E-state index contributed by atoms with van der Waals surface area (Å²) in [4.78, 5) is 45.0. The van der Waals surface area contributed by atoms with E-state index in [-0.39, 0.29) is 17.9 Å². The lowest BCUT2D eigenvalue weighted by molar-refractivity contribution is 0.0235. The Labute approximate surface area is 229 Å². The lowest BCUT2D eigenvalue weighted by Gasteiger charge is -2.18. The molecule has 0 unspecified atom stereocenters. The van der Waals surface area contributed by atoms with Crippen LogP contribution in [0.1, 0.15) is 63.3 Å². The number of amides is 2. The molecule has 8 nitrogen and oxygen atoms in total. The summed E-state index contributed by atoms with van der Waals surface area (Å²) in [5.41, 5.74) is 7.67.